The standard InChI is InChI=1S/C14H23NO3/c1-4-15-11(3)12-5-6-14(10(2)7-12)18-9-13(17)8-16/h5-7,11,13,15-17H,4,8-9H2,1-3H3. The van der Waals surface area contributed by atoms with Crippen LogP contribution in [0.1, 0.15) is 31.0 Å². The van der Waals surface area contributed by atoms with Crippen LogP contribution in [0.2, 0.25) is 0 Å². The van der Waals surface area contributed by atoms with Crippen molar-refractivity contribution in [3.8, 4) is 5.75 Å². The normalized spacial score (nSPS) is 14.3. The van der Waals surface area contributed by atoms with E-state index in [0.717, 1.165) is 17.9 Å². The van der Waals surface area contributed by atoms with Gasteiger partial charge < -0.3 is 20.3 Å². The molecular formula is C14H23NO3. The molecule has 3 N–H and O–H groups in total. The number of aliphatic hydroxyl groups is 2. The Labute approximate surface area is 109 Å². The van der Waals surface area contributed by atoms with Gasteiger partial charge in [0.25, 0.3) is 0 Å². The summed E-state index contributed by atoms with van der Waals surface area (Å²) in [6, 6.07) is 6.31. The summed E-state index contributed by atoms with van der Waals surface area (Å²) in [5.41, 5.74) is 2.24. The van der Waals surface area contributed by atoms with Crippen LogP contribution < -0.4 is 10.1 Å². The van der Waals surface area contributed by atoms with E-state index in [-0.39, 0.29) is 13.2 Å². The van der Waals surface area contributed by atoms with Crippen molar-refractivity contribution in [3.05, 3.63) is 29.3 Å². The molecule has 0 amide bonds. The number of nitrogens with one attached hydrogen (secondary N) is 1. The molecule has 2 unspecified atom stereocenters. The molecule has 0 aromatic heterocycles. The quantitative estimate of drug-likeness (QED) is 0.687. The van der Waals surface area contributed by atoms with E-state index in [1.165, 1.54) is 5.56 Å². The molecule has 0 saturated carbocycles. The minimum Gasteiger partial charge on any atom is -0.491 e. The fourth-order valence-corrected chi connectivity index (χ4v) is 1.77. The Morgan fingerprint density at radius 2 is 2.11 bits per heavy atom. The van der Waals surface area contributed by atoms with Gasteiger partial charge in [0.1, 0.15) is 18.5 Å². The average Bonchev–Trinajstić information content (AvgIpc) is 2.37. The van der Waals surface area contributed by atoms with Crippen molar-refractivity contribution in [2.24, 2.45) is 0 Å². The molecule has 0 aliphatic carbocycles. The number of benzene rings is 1. The molecule has 1 rings (SSSR count). The summed E-state index contributed by atoms with van der Waals surface area (Å²) in [6.45, 7) is 6.93. The van der Waals surface area contributed by atoms with Crippen LogP contribution in [0.25, 0.3) is 0 Å². The first-order chi connectivity index (χ1) is 8.58. The van der Waals surface area contributed by atoms with Gasteiger partial charge in [0.05, 0.1) is 6.61 Å². The van der Waals surface area contributed by atoms with Gasteiger partial charge in [-0.25, -0.2) is 0 Å². The lowest BCUT2D eigenvalue weighted by Gasteiger charge is -2.16. The Kier molecular flexibility index (Phi) is 6.12. The summed E-state index contributed by atoms with van der Waals surface area (Å²) in [6.07, 6.45) is -0.829. The number of aryl methyl sites for hydroxylation is 1. The van der Waals surface area contributed by atoms with Gasteiger partial charge in [-0.3, -0.25) is 0 Å². The number of hydrogen-bond acceptors (Lipinski definition) is 4. The largest absolute Gasteiger partial charge is 0.491 e. The molecule has 1 aromatic rings. The van der Waals surface area contributed by atoms with Crippen molar-refractivity contribution < 1.29 is 14.9 Å². The fourth-order valence-electron chi connectivity index (χ4n) is 1.77. The maximum Gasteiger partial charge on any atom is 0.122 e. The predicted molar refractivity (Wildman–Crippen MR) is 71.9 cm³/mol. The fraction of sp³-hybridized carbons (Fsp3) is 0.571. The topological polar surface area (TPSA) is 61.7 Å². The molecule has 102 valence electrons. The predicted octanol–water partition coefficient (Wildman–Crippen LogP) is 1.40. The van der Waals surface area contributed by atoms with E-state index in [2.05, 4.69) is 25.2 Å². The zero-order valence-electron chi connectivity index (χ0n) is 11.3. The van der Waals surface area contributed by atoms with Crippen molar-refractivity contribution in [1.29, 1.82) is 0 Å². The second-order valence-electron chi connectivity index (χ2n) is 4.45. The van der Waals surface area contributed by atoms with Crippen LogP contribution in [0, 0.1) is 6.92 Å². The lowest BCUT2D eigenvalue weighted by Crippen LogP contribution is -2.21. The number of aliphatic hydroxyl groups excluding tert-OH is 2. The van der Waals surface area contributed by atoms with E-state index in [9.17, 15) is 5.11 Å². The zero-order chi connectivity index (χ0) is 13.5. The van der Waals surface area contributed by atoms with Gasteiger partial charge in [-0.15, -0.1) is 0 Å². The molecule has 18 heavy (non-hydrogen) atoms. The lowest BCUT2D eigenvalue weighted by molar-refractivity contribution is 0.0534. The maximum absolute atomic E-state index is 9.24. The Morgan fingerprint density at radius 1 is 1.39 bits per heavy atom. The molecule has 0 heterocycles. The molecule has 0 radical (unpaired) electrons. The molecule has 0 saturated heterocycles. The second-order valence-corrected chi connectivity index (χ2v) is 4.45. The van der Waals surface area contributed by atoms with Crippen molar-refractivity contribution in [1.82, 2.24) is 5.32 Å². The van der Waals surface area contributed by atoms with E-state index in [4.69, 9.17) is 9.84 Å². The van der Waals surface area contributed by atoms with Crippen LogP contribution in [-0.4, -0.2) is 36.1 Å². The lowest BCUT2D eigenvalue weighted by atomic mass is 10.1. The Hall–Kier alpha value is -1.10. The molecule has 0 aliphatic heterocycles. The summed E-state index contributed by atoms with van der Waals surface area (Å²) in [4.78, 5) is 0. The van der Waals surface area contributed by atoms with Crippen molar-refractivity contribution >= 4 is 0 Å². The van der Waals surface area contributed by atoms with E-state index in [0.29, 0.717) is 6.04 Å². The van der Waals surface area contributed by atoms with E-state index in [1.54, 1.807) is 0 Å². The first kappa shape index (κ1) is 15.0. The maximum atomic E-state index is 9.24. The minimum absolute atomic E-state index is 0.111. The average molecular weight is 253 g/mol. The molecule has 0 bridgehead atoms. The summed E-state index contributed by atoms with van der Waals surface area (Å²) in [5.74, 6) is 0.745. The van der Waals surface area contributed by atoms with Crippen LogP contribution in [-0.2, 0) is 0 Å². The van der Waals surface area contributed by atoms with Gasteiger partial charge in [0.15, 0.2) is 0 Å². The van der Waals surface area contributed by atoms with Gasteiger partial charge in [-0.2, -0.15) is 0 Å². The van der Waals surface area contributed by atoms with Gasteiger partial charge in [-0.05, 0) is 37.6 Å². The van der Waals surface area contributed by atoms with Crippen molar-refractivity contribution in [3.63, 3.8) is 0 Å². The third-order valence-corrected chi connectivity index (χ3v) is 2.85. The summed E-state index contributed by atoms with van der Waals surface area (Å²) >= 11 is 0. The monoisotopic (exact) mass is 253 g/mol. The first-order valence-corrected chi connectivity index (χ1v) is 6.34. The summed E-state index contributed by atoms with van der Waals surface area (Å²) in [5, 5.41) is 21.3. The zero-order valence-corrected chi connectivity index (χ0v) is 11.3. The highest BCUT2D eigenvalue weighted by molar-refractivity contribution is 5.37. The number of hydrogen-bond donors (Lipinski definition) is 3. The van der Waals surface area contributed by atoms with Crippen molar-refractivity contribution in [2.45, 2.75) is 32.9 Å². The van der Waals surface area contributed by atoms with Gasteiger partial charge >= 0.3 is 0 Å². The van der Waals surface area contributed by atoms with Crippen LogP contribution in [0.5, 0.6) is 5.75 Å². The molecule has 0 fully saturated rings. The minimum atomic E-state index is -0.829. The van der Waals surface area contributed by atoms with Gasteiger partial charge in [-0.1, -0.05) is 19.1 Å². The van der Waals surface area contributed by atoms with Crippen LogP contribution in [0.3, 0.4) is 0 Å². The molecule has 2 atom stereocenters. The molecule has 4 heteroatoms. The number of ether oxygens (including phenoxy) is 1. The molecule has 1 aromatic carbocycles. The molecular weight excluding hydrogens is 230 g/mol. The molecule has 0 spiro atoms. The smallest absolute Gasteiger partial charge is 0.122 e. The Bertz CT molecular complexity index is 368. The first-order valence-electron chi connectivity index (χ1n) is 6.34. The summed E-state index contributed by atoms with van der Waals surface area (Å²) < 4.78 is 5.45. The van der Waals surface area contributed by atoms with Crippen LogP contribution in [0.4, 0.5) is 0 Å². The van der Waals surface area contributed by atoms with E-state index >= 15 is 0 Å². The van der Waals surface area contributed by atoms with Gasteiger partial charge in [0.2, 0.25) is 0 Å². The molecule has 4 nitrogen and oxygen atoms in total. The van der Waals surface area contributed by atoms with E-state index < -0.39 is 6.10 Å². The Balaban J connectivity index is 2.67. The Morgan fingerprint density at radius 3 is 2.67 bits per heavy atom. The highest BCUT2D eigenvalue weighted by Gasteiger charge is 2.08. The van der Waals surface area contributed by atoms with Crippen LogP contribution in [0.15, 0.2) is 18.2 Å². The number of rotatable bonds is 7. The van der Waals surface area contributed by atoms with E-state index in [1.807, 2.05) is 19.1 Å². The third kappa shape index (κ3) is 4.29. The van der Waals surface area contributed by atoms with Crippen molar-refractivity contribution in [2.75, 3.05) is 19.8 Å². The summed E-state index contributed by atoms with van der Waals surface area (Å²) in [7, 11) is 0. The van der Waals surface area contributed by atoms with Gasteiger partial charge in [0, 0.05) is 6.04 Å². The SMILES string of the molecule is CCNC(C)c1ccc(OCC(O)CO)c(C)c1. The van der Waals surface area contributed by atoms with Crippen LogP contribution >= 0.6 is 0 Å². The highest BCUT2D eigenvalue weighted by Crippen LogP contribution is 2.22. The second kappa shape index (κ2) is 7.36. The molecule has 0 aliphatic rings. The third-order valence-electron chi connectivity index (χ3n) is 2.85. The highest BCUT2D eigenvalue weighted by atomic mass is 16.5.